The molecule has 0 aromatic carbocycles. The largest absolute Gasteiger partial charge is 0.511 e. The molecule has 0 aromatic rings. The molecule has 0 unspecified atom stereocenters. The molecule has 5 aliphatic rings. The average Bonchev–Trinajstić information content (AvgIpc) is 3.10. The molecule has 1 saturated carbocycles. The molecule has 5 rings (SSSR count). The third-order valence-corrected chi connectivity index (χ3v) is 10.4. The minimum absolute atomic E-state index is 0.00282. The summed E-state index contributed by atoms with van der Waals surface area (Å²) in [6, 6.07) is 0. The fourth-order valence-electron chi connectivity index (χ4n) is 8.38. The topological polar surface area (TPSA) is 104 Å². The molecule has 11 atom stereocenters. The van der Waals surface area contributed by atoms with Gasteiger partial charge in [-0.3, -0.25) is 4.79 Å². The van der Waals surface area contributed by atoms with E-state index in [2.05, 4.69) is 13.0 Å². The summed E-state index contributed by atoms with van der Waals surface area (Å²) in [7, 11) is 0. The number of carbonyl (C=O) groups excluding carboxylic acids is 2. The lowest BCUT2D eigenvalue weighted by atomic mass is 9.49. The summed E-state index contributed by atoms with van der Waals surface area (Å²) in [5, 5.41) is 34.4. The van der Waals surface area contributed by atoms with Gasteiger partial charge in [0.1, 0.15) is 11.3 Å². The van der Waals surface area contributed by atoms with Gasteiger partial charge in [0, 0.05) is 29.6 Å². The van der Waals surface area contributed by atoms with Crippen LogP contribution in [0.4, 0.5) is 0 Å². The molecule has 38 heavy (non-hydrogen) atoms. The van der Waals surface area contributed by atoms with Gasteiger partial charge in [0.2, 0.25) is 5.78 Å². The van der Waals surface area contributed by atoms with Crippen LogP contribution in [-0.2, 0) is 14.3 Å². The van der Waals surface area contributed by atoms with Crippen molar-refractivity contribution in [2.75, 3.05) is 0 Å². The van der Waals surface area contributed by atoms with Crippen molar-refractivity contribution in [2.45, 2.75) is 78.6 Å². The Bertz CT molecular complexity index is 1190. The number of esters is 1. The molecule has 1 spiro atoms. The highest BCUT2D eigenvalue weighted by Crippen LogP contribution is 2.60. The minimum atomic E-state index is -1.45. The maximum atomic E-state index is 14.3. The Morgan fingerprint density at radius 1 is 0.974 bits per heavy atom. The van der Waals surface area contributed by atoms with Gasteiger partial charge in [-0.25, -0.2) is 4.79 Å². The van der Waals surface area contributed by atoms with Crippen molar-refractivity contribution < 1.29 is 29.6 Å². The van der Waals surface area contributed by atoms with Crippen LogP contribution < -0.4 is 0 Å². The fraction of sp³-hybridized carbons (Fsp3) is 0.625. The molecular weight excluding hydrogens is 480 g/mol. The molecule has 0 aromatic heterocycles. The van der Waals surface area contributed by atoms with Crippen molar-refractivity contribution in [3.8, 4) is 0 Å². The SMILES string of the molecule is CC1=C[C@@H]2C=C[C@H](C)C[C@]23OC(=O)C(=C(O)[C@@]2(C)[C@H]4[C@H](C=C[C@H]2C(C)=CC[C@@H]1O)[C@@H](O)[C@@H](C)C[C@@H]4C)C3=O. The fourth-order valence-corrected chi connectivity index (χ4v) is 8.38. The third-order valence-electron chi connectivity index (χ3n) is 10.4. The summed E-state index contributed by atoms with van der Waals surface area (Å²) >= 11 is 0. The lowest BCUT2D eigenvalue weighted by molar-refractivity contribution is -0.155. The first-order chi connectivity index (χ1) is 17.8. The number of carbonyl (C=O) groups is 2. The molecule has 2 fully saturated rings. The van der Waals surface area contributed by atoms with E-state index in [9.17, 15) is 24.9 Å². The normalized spacial score (nSPS) is 47.0. The predicted octanol–water partition coefficient (Wildman–Crippen LogP) is 4.99. The number of aliphatic hydroxyl groups excluding tert-OH is 3. The second-order valence-electron chi connectivity index (χ2n) is 13.0. The first kappa shape index (κ1) is 27.1. The van der Waals surface area contributed by atoms with Crippen molar-refractivity contribution in [3.63, 3.8) is 0 Å². The first-order valence-electron chi connectivity index (χ1n) is 14.1. The molecule has 0 amide bonds. The zero-order valence-corrected chi connectivity index (χ0v) is 23.3. The van der Waals surface area contributed by atoms with Crippen molar-refractivity contribution in [2.24, 2.45) is 46.8 Å². The predicted molar refractivity (Wildman–Crippen MR) is 145 cm³/mol. The van der Waals surface area contributed by atoms with Crippen LogP contribution in [0.3, 0.4) is 0 Å². The molecule has 3 N–H and O–H groups in total. The summed E-state index contributed by atoms with van der Waals surface area (Å²) in [6.07, 6.45) is 12.0. The van der Waals surface area contributed by atoms with E-state index >= 15 is 0 Å². The van der Waals surface area contributed by atoms with E-state index in [0.717, 1.165) is 12.0 Å². The smallest absolute Gasteiger partial charge is 0.346 e. The van der Waals surface area contributed by atoms with Gasteiger partial charge >= 0.3 is 5.97 Å². The highest BCUT2D eigenvalue weighted by Gasteiger charge is 2.62. The molecule has 4 aliphatic carbocycles. The second-order valence-corrected chi connectivity index (χ2v) is 13.0. The van der Waals surface area contributed by atoms with E-state index in [1.54, 1.807) is 0 Å². The maximum Gasteiger partial charge on any atom is 0.346 e. The average molecular weight is 523 g/mol. The number of ether oxygens (including phenoxy) is 1. The van der Waals surface area contributed by atoms with Crippen molar-refractivity contribution in [1.82, 2.24) is 0 Å². The number of hydrogen-bond donors (Lipinski definition) is 3. The minimum Gasteiger partial charge on any atom is -0.511 e. The standard InChI is InChI=1S/C32H42O6/c1-16-7-9-21-14-18(3)24(33)12-8-17(2)23-11-10-22-26(19(4)13-20(5)27(22)34)31(23,6)28(35)25-29(36)32(21,15-16)38-30(25)37/h7-11,14,16,19-24,26-27,33-35H,12-13,15H2,1-6H3/t16-,19-,20-,21-,22-,23-,24-,26+,27-,31+,32-/m0/s1. The van der Waals surface area contributed by atoms with Crippen LogP contribution in [0.2, 0.25) is 0 Å². The maximum absolute atomic E-state index is 14.3. The Balaban J connectivity index is 1.78. The Morgan fingerprint density at radius 2 is 1.68 bits per heavy atom. The van der Waals surface area contributed by atoms with Crippen LogP contribution in [0.15, 0.2) is 58.9 Å². The molecule has 6 nitrogen and oxygen atoms in total. The van der Waals surface area contributed by atoms with E-state index in [1.165, 1.54) is 0 Å². The highest BCUT2D eigenvalue weighted by molar-refractivity contribution is 6.26. The second kappa shape index (κ2) is 9.34. The number of allylic oxidation sites excluding steroid dienone is 4. The molecular formula is C32H42O6. The first-order valence-corrected chi connectivity index (χ1v) is 14.1. The molecule has 1 heterocycles. The quantitative estimate of drug-likeness (QED) is 0.235. The van der Waals surface area contributed by atoms with Gasteiger partial charge in [-0.15, -0.1) is 0 Å². The van der Waals surface area contributed by atoms with Gasteiger partial charge in [-0.05, 0) is 55.9 Å². The van der Waals surface area contributed by atoms with Gasteiger partial charge in [0.05, 0.1) is 12.2 Å². The van der Waals surface area contributed by atoms with E-state index in [4.69, 9.17) is 4.74 Å². The van der Waals surface area contributed by atoms with Crippen molar-refractivity contribution >= 4 is 11.8 Å². The van der Waals surface area contributed by atoms with Crippen LogP contribution in [0.1, 0.15) is 60.8 Å². The number of fused-ring (bicyclic) bond motifs is 4. The van der Waals surface area contributed by atoms with E-state index in [1.807, 2.05) is 65.0 Å². The van der Waals surface area contributed by atoms with Gasteiger partial charge in [-0.1, -0.05) is 69.7 Å². The third kappa shape index (κ3) is 3.82. The van der Waals surface area contributed by atoms with E-state index < -0.39 is 40.9 Å². The summed E-state index contributed by atoms with van der Waals surface area (Å²) < 4.78 is 5.98. The molecule has 206 valence electrons. The van der Waals surface area contributed by atoms with E-state index in [0.29, 0.717) is 18.4 Å². The van der Waals surface area contributed by atoms with Crippen LogP contribution in [0, 0.1) is 46.8 Å². The summed E-state index contributed by atoms with van der Waals surface area (Å²) in [4.78, 5) is 27.9. The van der Waals surface area contributed by atoms with Crippen molar-refractivity contribution in [3.05, 3.63) is 58.9 Å². The zero-order chi connectivity index (χ0) is 27.7. The van der Waals surface area contributed by atoms with Gasteiger partial charge in [0.15, 0.2) is 5.60 Å². The van der Waals surface area contributed by atoms with Gasteiger partial charge < -0.3 is 20.1 Å². The lowest BCUT2D eigenvalue weighted by Crippen LogP contribution is -2.54. The molecule has 1 saturated heterocycles. The Morgan fingerprint density at radius 3 is 2.39 bits per heavy atom. The Kier molecular flexibility index (Phi) is 6.67. The lowest BCUT2D eigenvalue weighted by Gasteiger charge is -2.55. The summed E-state index contributed by atoms with van der Waals surface area (Å²) in [5.41, 5.74) is -1.07. The summed E-state index contributed by atoms with van der Waals surface area (Å²) in [6.45, 7) is 11.9. The van der Waals surface area contributed by atoms with Crippen LogP contribution in [0.25, 0.3) is 0 Å². The van der Waals surface area contributed by atoms with E-state index in [-0.39, 0.29) is 46.8 Å². The highest BCUT2D eigenvalue weighted by atomic mass is 16.6. The van der Waals surface area contributed by atoms with Crippen LogP contribution in [-0.4, -0.2) is 44.9 Å². The molecule has 0 radical (unpaired) electrons. The van der Waals surface area contributed by atoms with Crippen LogP contribution in [0.5, 0.6) is 0 Å². The number of rotatable bonds is 0. The van der Waals surface area contributed by atoms with Crippen molar-refractivity contribution in [1.29, 1.82) is 0 Å². The molecule has 6 heteroatoms. The Hall–Kier alpha value is -2.44. The zero-order valence-electron chi connectivity index (χ0n) is 23.3. The van der Waals surface area contributed by atoms with Gasteiger partial charge in [0.25, 0.3) is 0 Å². The number of hydrogen-bond acceptors (Lipinski definition) is 6. The number of ketones is 1. The summed E-state index contributed by atoms with van der Waals surface area (Å²) in [5.74, 6) is -2.55. The number of Topliss-reactive ketones (excluding diaryl/α,β-unsaturated/α-hetero) is 1. The van der Waals surface area contributed by atoms with Crippen LogP contribution >= 0.6 is 0 Å². The monoisotopic (exact) mass is 522 g/mol. The Labute approximate surface area is 225 Å². The van der Waals surface area contributed by atoms with Gasteiger partial charge in [-0.2, -0.15) is 0 Å². The molecule has 1 aliphatic heterocycles. The number of aliphatic hydroxyl groups is 3. The molecule has 2 bridgehead atoms.